The maximum Gasteiger partial charge on any atom is 0.389 e. The molecule has 9 heterocycles. The lowest BCUT2D eigenvalue weighted by Gasteiger charge is -2.30. The Morgan fingerprint density at radius 3 is 1.96 bits per heavy atom. The Morgan fingerprint density at radius 2 is 1.30 bits per heavy atom. The fourth-order valence-electron chi connectivity index (χ4n) is 10.3. The second-order valence-electron chi connectivity index (χ2n) is 19.8. The molecule has 3 saturated heterocycles. The van der Waals surface area contributed by atoms with Crippen molar-refractivity contribution in [3.63, 3.8) is 0 Å². The Balaban J connectivity index is 0.660. The van der Waals surface area contributed by atoms with Crippen molar-refractivity contribution in [2.45, 2.75) is 81.6 Å². The fourth-order valence-corrected chi connectivity index (χ4v) is 14.8. The number of halogens is 2. The number of para-hydroxylation sites is 1. The van der Waals surface area contributed by atoms with Crippen molar-refractivity contribution in [3.05, 3.63) is 115 Å². The number of anilines is 3. The van der Waals surface area contributed by atoms with Crippen LogP contribution in [0.2, 0.25) is 0 Å². The number of hydrogen-bond donors (Lipinski definition) is 2. The van der Waals surface area contributed by atoms with E-state index in [1.165, 1.54) is 34.4 Å². The van der Waals surface area contributed by atoms with E-state index in [9.17, 15) is 9.36 Å². The van der Waals surface area contributed by atoms with Crippen molar-refractivity contribution in [2.75, 3.05) is 62.6 Å². The molecule has 83 heavy (non-hydrogen) atoms. The van der Waals surface area contributed by atoms with Gasteiger partial charge in [0.15, 0.2) is 47.7 Å². The number of imidazole rings is 2. The van der Waals surface area contributed by atoms with Gasteiger partial charge in [-0.05, 0) is 34.1 Å². The molecule has 1 amide bonds. The molecule has 434 valence electrons. The molecular formula is C51H55BF2N14O12P2S. The molecule has 12 rings (SSSR count). The number of ether oxygens (including phenoxy) is 5. The zero-order valence-electron chi connectivity index (χ0n) is 44.6. The average molecular weight is 1200 g/mol. The molecule has 0 unspecified atom stereocenters. The van der Waals surface area contributed by atoms with Crippen LogP contribution in [0.3, 0.4) is 0 Å². The zero-order valence-corrected chi connectivity index (χ0v) is 47.2. The Bertz CT molecular complexity index is 3760. The largest absolute Gasteiger partial charge is 0.389 e. The summed E-state index contributed by atoms with van der Waals surface area (Å²) in [5.74, 6) is 0.0684. The summed E-state index contributed by atoms with van der Waals surface area (Å²) in [4.78, 5) is 39.4. The molecule has 26 nitrogen and oxygen atoms in total. The summed E-state index contributed by atoms with van der Waals surface area (Å²) in [5.41, 5.74) is 19.3. The number of nitrogens with zero attached hydrogens (tertiary/aromatic N) is 12. The van der Waals surface area contributed by atoms with Crippen LogP contribution in [0.1, 0.15) is 36.1 Å². The predicted octanol–water partition coefficient (Wildman–Crippen LogP) is 5.94. The number of benzene rings is 3. The van der Waals surface area contributed by atoms with Gasteiger partial charge >= 0.3 is 6.80 Å². The molecule has 8 aromatic rings. The third kappa shape index (κ3) is 11.8. The highest BCUT2D eigenvalue weighted by atomic mass is 32.7. The topological polar surface area (TPSA) is 307 Å². The Morgan fingerprint density at radius 1 is 0.723 bits per heavy atom. The number of aromatic nitrogens is 11. The van der Waals surface area contributed by atoms with Gasteiger partial charge in [0.2, 0.25) is 5.91 Å². The van der Waals surface area contributed by atoms with Gasteiger partial charge in [-0.2, -0.15) is 0 Å². The molecule has 0 bridgehead atoms. The Labute approximate surface area is 477 Å². The van der Waals surface area contributed by atoms with Crippen molar-refractivity contribution in [1.82, 2.24) is 54.0 Å². The van der Waals surface area contributed by atoms with Crippen LogP contribution in [-0.2, 0) is 81.2 Å². The molecule has 10 atom stereocenters. The highest BCUT2D eigenvalue weighted by Gasteiger charge is 2.55. The van der Waals surface area contributed by atoms with Crippen LogP contribution in [0.4, 0.5) is 26.1 Å². The number of hydrogen-bond acceptors (Lipinski definition) is 23. The molecule has 0 radical (unpaired) electrons. The summed E-state index contributed by atoms with van der Waals surface area (Å²) in [7, 11) is -3.07. The standard InChI is InChI=1S/C51H55BF2N14O12P2S/c1-29(69)65-20-32-6-2-3-7-33(32)40-43(34-8-4-5-9-35(34)65)68(64-63-40)14-15-72-16-17-73-18-19-74-21-30-10-12-31(13-11-30)24-83-82(71)76-23-37-44(38(53)50(78-37)66-27-61-41-46(55)57-25-59-48(41)66)79-81(52,70)75-22-36-45(80-82)39(54)51(77-36)67-28-62-42-47(56)58-26-60-49(42)67/h2-13,25-28,36-39,44-45,50-51H,14-24,52H2,1H3,(H2,55,57,59)(H2,56,58,60)/t36-,37-,38-,39-,44-,45-,50-,51-,81+,82+/m1/s1. The number of carbonyl (C=O) groups is 1. The maximum atomic E-state index is 17.0. The number of amides is 1. The van der Waals surface area contributed by atoms with Crippen LogP contribution in [0, 0.1) is 0 Å². The van der Waals surface area contributed by atoms with Gasteiger partial charge in [0.25, 0.3) is 15.0 Å². The number of carbonyl (C=O) groups excluding carboxylic acids is 1. The lowest BCUT2D eigenvalue weighted by molar-refractivity contribution is -0.116. The molecule has 4 aliphatic heterocycles. The summed E-state index contributed by atoms with van der Waals surface area (Å²) in [5, 5.41) is 9.10. The van der Waals surface area contributed by atoms with Crippen molar-refractivity contribution in [1.29, 1.82) is 0 Å². The van der Waals surface area contributed by atoms with Crippen molar-refractivity contribution in [2.24, 2.45) is 0 Å². The second kappa shape index (κ2) is 24.1. The van der Waals surface area contributed by atoms with Crippen molar-refractivity contribution in [3.8, 4) is 22.5 Å². The molecule has 0 aliphatic carbocycles. The molecule has 3 aromatic carbocycles. The summed E-state index contributed by atoms with van der Waals surface area (Å²) in [6.45, 7) is -1.41. The number of alkyl halides is 2. The van der Waals surface area contributed by atoms with Gasteiger partial charge in [0, 0.05) is 23.8 Å². The predicted molar refractivity (Wildman–Crippen MR) is 299 cm³/mol. The van der Waals surface area contributed by atoms with Gasteiger partial charge in [-0.1, -0.05) is 71.9 Å². The van der Waals surface area contributed by atoms with E-state index in [1.54, 1.807) is 11.8 Å². The van der Waals surface area contributed by atoms with Gasteiger partial charge in [-0.15, -0.1) is 5.10 Å². The van der Waals surface area contributed by atoms with E-state index >= 15 is 13.3 Å². The molecule has 3 fully saturated rings. The minimum absolute atomic E-state index is 0.0430. The molecule has 4 aliphatic rings. The van der Waals surface area contributed by atoms with E-state index in [0.717, 1.165) is 58.3 Å². The number of fused-ring (bicyclic) bond motifs is 9. The van der Waals surface area contributed by atoms with E-state index in [-0.39, 0.29) is 52.2 Å². The molecule has 0 saturated carbocycles. The van der Waals surface area contributed by atoms with E-state index in [4.69, 9.17) is 53.2 Å². The lowest BCUT2D eigenvalue weighted by Crippen LogP contribution is -2.37. The van der Waals surface area contributed by atoms with Crippen LogP contribution < -0.4 is 16.4 Å². The fraction of sp³-hybridized carbons (Fsp3) is 0.392. The molecule has 32 heteroatoms. The van der Waals surface area contributed by atoms with Crippen LogP contribution >= 0.6 is 25.7 Å². The molecule has 5 aromatic heterocycles. The van der Waals surface area contributed by atoms with Crippen LogP contribution in [0.5, 0.6) is 0 Å². The first-order valence-electron chi connectivity index (χ1n) is 26.4. The van der Waals surface area contributed by atoms with E-state index in [2.05, 4.69) is 40.2 Å². The minimum atomic E-state index is -4.49. The maximum absolute atomic E-state index is 17.0. The first kappa shape index (κ1) is 56.8. The zero-order chi connectivity index (χ0) is 57.4. The van der Waals surface area contributed by atoms with Crippen LogP contribution in [-0.4, -0.2) is 151 Å². The smallest absolute Gasteiger partial charge is 0.382 e. The summed E-state index contributed by atoms with van der Waals surface area (Å²) in [6, 6.07) is 23.0. The molecule has 0 spiro atoms. The number of nitrogen functional groups attached to an aromatic ring is 2. The average Bonchev–Trinajstić information content (AvgIpc) is 3.26. The number of nitrogens with two attached hydrogens (primary N) is 2. The third-order valence-electron chi connectivity index (χ3n) is 14.3. The van der Waals surface area contributed by atoms with Crippen LogP contribution in [0.25, 0.3) is 44.8 Å². The van der Waals surface area contributed by atoms with Gasteiger partial charge < -0.3 is 49.1 Å². The van der Waals surface area contributed by atoms with Crippen LogP contribution in [0.15, 0.2) is 98.1 Å². The van der Waals surface area contributed by atoms with E-state index in [1.807, 2.05) is 77.5 Å². The minimum Gasteiger partial charge on any atom is -0.382 e. The van der Waals surface area contributed by atoms with Gasteiger partial charge in [0.05, 0.1) is 90.0 Å². The SMILES string of the molecule is B[P@]1(=O)OC[C@H]2O[C@@H](n3cnc4c(N)ncnc43)[C@H](F)[C@@H]2O[P@@](=O)(SCc2ccc(COCCOCCOCCn3nnc4c3-c3ccccc3N(C(C)=O)Cc3ccccc3-4)cc2)OC[C@H]2O[C@@H](n3cnc4c(N)ncnc43)[C@H](F)[C@@H]2O1. The van der Waals surface area contributed by atoms with Gasteiger partial charge in [-0.25, -0.2) is 47.9 Å². The monoisotopic (exact) mass is 1200 g/mol. The number of rotatable bonds is 16. The van der Waals surface area contributed by atoms with E-state index in [0.29, 0.717) is 51.7 Å². The molecule has 4 N–H and O–H groups in total. The second-order valence-corrected chi connectivity index (χ2v) is 25.8. The van der Waals surface area contributed by atoms with Gasteiger partial charge in [-0.3, -0.25) is 27.5 Å². The van der Waals surface area contributed by atoms with Gasteiger partial charge in [0.1, 0.15) is 53.8 Å². The van der Waals surface area contributed by atoms with E-state index < -0.39 is 76.7 Å². The Hall–Kier alpha value is -6.66. The first-order chi connectivity index (χ1) is 40.2. The van der Waals surface area contributed by atoms with Crippen molar-refractivity contribution >= 4 is 78.8 Å². The first-order valence-corrected chi connectivity index (χ1v) is 31.5. The molecular weight excluding hydrogens is 1140 g/mol. The lowest BCUT2D eigenvalue weighted by atomic mass is 9.95. The van der Waals surface area contributed by atoms with Crippen molar-refractivity contribution < 1.29 is 64.5 Å². The highest BCUT2D eigenvalue weighted by molar-refractivity contribution is 8.54. The summed E-state index contributed by atoms with van der Waals surface area (Å²) < 4.78 is 121. The summed E-state index contributed by atoms with van der Waals surface area (Å²) >= 11 is 0.760. The summed E-state index contributed by atoms with van der Waals surface area (Å²) in [6.07, 6.45) is -8.14. The third-order valence-corrected chi connectivity index (χ3v) is 19.2. The normalized spacial score (nSPS) is 26.3. The highest BCUT2D eigenvalue weighted by Crippen LogP contribution is 2.65. The quantitative estimate of drug-likeness (QED) is 0.0642. The Kier molecular flexibility index (Phi) is 16.5.